The van der Waals surface area contributed by atoms with Crippen molar-refractivity contribution in [2.75, 3.05) is 39.8 Å². The number of nitrogens with zero attached hydrogens (tertiary/aromatic N) is 2. The number of piperazine rings is 1. The Bertz CT molecular complexity index is 781. The van der Waals surface area contributed by atoms with Crippen molar-refractivity contribution < 1.29 is 9.84 Å². The summed E-state index contributed by atoms with van der Waals surface area (Å²) in [5.41, 5.74) is 1.77. The molecule has 2 aliphatic rings. The van der Waals surface area contributed by atoms with E-state index in [2.05, 4.69) is 47.2 Å². The van der Waals surface area contributed by atoms with Gasteiger partial charge in [0.25, 0.3) is 0 Å². The molecule has 0 aromatic heterocycles. The third-order valence-corrected chi connectivity index (χ3v) is 6.91. The summed E-state index contributed by atoms with van der Waals surface area (Å²) >= 11 is 0. The molecule has 1 saturated carbocycles. The monoisotopic (exact) mass is 408 g/mol. The van der Waals surface area contributed by atoms with Gasteiger partial charge in [-0.15, -0.1) is 0 Å². The molecule has 1 unspecified atom stereocenters. The quantitative estimate of drug-likeness (QED) is 0.741. The van der Waals surface area contributed by atoms with Gasteiger partial charge < -0.3 is 19.6 Å². The number of hydrogen-bond acceptors (Lipinski definition) is 4. The molecule has 1 saturated heterocycles. The maximum Gasteiger partial charge on any atom is 0.120 e. The summed E-state index contributed by atoms with van der Waals surface area (Å²) in [5, 5.41) is 11.7. The van der Waals surface area contributed by atoms with Crippen LogP contribution >= 0.6 is 0 Å². The lowest BCUT2D eigenvalue weighted by Gasteiger charge is -2.43. The van der Waals surface area contributed by atoms with Crippen LogP contribution in [0.1, 0.15) is 49.1 Å². The Hall–Kier alpha value is -1.88. The minimum atomic E-state index is -0.611. The molecule has 4 nitrogen and oxygen atoms in total. The van der Waals surface area contributed by atoms with Gasteiger partial charge in [-0.05, 0) is 43.1 Å². The van der Waals surface area contributed by atoms with Gasteiger partial charge in [0, 0.05) is 38.6 Å². The summed E-state index contributed by atoms with van der Waals surface area (Å²) in [6.07, 6.45) is 5.30. The van der Waals surface area contributed by atoms with Crippen molar-refractivity contribution in [3.8, 4) is 5.75 Å². The van der Waals surface area contributed by atoms with Crippen molar-refractivity contribution in [1.82, 2.24) is 9.80 Å². The van der Waals surface area contributed by atoms with Crippen LogP contribution in [0.4, 0.5) is 0 Å². The zero-order valence-corrected chi connectivity index (χ0v) is 18.3. The molecule has 2 aromatic carbocycles. The Balaban J connectivity index is 1.52. The van der Waals surface area contributed by atoms with Crippen LogP contribution in [0.3, 0.4) is 0 Å². The molecule has 0 amide bonds. The number of ether oxygens (including phenoxy) is 1. The Morgan fingerprint density at radius 2 is 1.67 bits per heavy atom. The Morgan fingerprint density at radius 3 is 2.40 bits per heavy atom. The first-order chi connectivity index (χ1) is 14.6. The fourth-order valence-electron chi connectivity index (χ4n) is 4.95. The molecule has 1 aliphatic carbocycles. The third-order valence-electron chi connectivity index (χ3n) is 6.91. The second-order valence-corrected chi connectivity index (χ2v) is 9.17. The standard InChI is InChI=1S/C26H36N2O2/c1-27-15-17-28(18-16-27)20-25(26(29)13-6-3-7-14-26)23-11-8-12-24(19-23)30-21-22-9-4-2-5-10-22/h2,4-5,8-12,19,25,29H,3,6-7,13-18,20-21H2,1H3. The van der Waals surface area contributed by atoms with Crippen LogP contribution in [-0.4, -0.2) is 60.3 Å². The summed E-state index contributed by atoms with van der Waals surface area (Å²) in [6.45, 7) is 5.85. The van der Waals surface area contributed by atoms with E-state index in [1.54, 1.807) is 0 Å². The fourth-order valence-corrected chi connectivity index (χ4v) is 4.95. The van der Waals surface area contributed by atoms with Crippen molar-refractivity contribution in [2.45, 2.75) is 50.2 Å². The molecule has 4 heteroatoms. The van der Waals surface area contributed by atoms with Crippen LogP contribution in [0.5, 0.6) is 5.75 Å². The maximum atomic E-state index is 11.7. The molecular weight excluding hydrogens is 372 g/mol. The average molecular weight is 409 g/mol. The van der Waals surface area contributed by atoms with Gasteiger partial charge in [0.2, 0.25) is 0 Å². The summed E-state index contributed by atoms with van der Waals surface area (Å²) < 4.78 is 6.11. The normalized spacial score (nSPS) is 21.3. The highest BCUT2D eigenvalue weighted by Gasteiger charge is 2.40. The van der Waals surface area contributed by atoms with Gasteiger partial charge in [-0.1, -0.05) is 61.7 Å². The minimum absolute atomic E-state index is 0.126. The van der Waals surface area contributed by atoms with Crippen molar-refractivity contribution in [3.63, 3.8) is 0 Å². The van der Waals surface area contributed by atoms with E-state index in [-0.39, 0.29) is 5.92 Å². The molecule has 1 N–H and O–H groups in total. The van der Waals surface area contributed by atoms with E-state index in [9.17, 15) is 5.11 Å². The van der Waals surface area contributed by atoms with E-state index in [1.807, 2.05) is 24.3 Å². The first-order valence-electron chi connectivity index (χ1n) is 11.5. The summed E-state index contributed by atoms with van der Waals surface area (Å²) in [5.74, 6) is 1.01. The Labute approximate surface area is 181 Å². The van der Waals surface area contributed by atoms with Crippen molar-refractivity contribution in [2.24, 2.45) is 0 Å². The molecule has 0 spiro atoms. The molecule has 2 aromatic rings. The SMILES string of the molecule is CN1CCN(CC(c2cccc(OCc3ccccc3)c2)C2(O)CCCCC2)CC1. The van der Waals surface area contributed by atoms with Crippen molar-refractivity contribution >= 4 is 0 Å². The summed E-state index contributed by atoms with van der Waals surface area (Å²) in [6, 6.07) is 18.7. The molecule has 1 heterocycles. The van der Waals surface area contributed by atoms with E-state index in [1.165, 1.54) is 17.5 Å². The highest BCUT2D eigenvalue weighted by Crippen LogP contribution is 2.41. The highest BCUT2D eigenvalue weighted by atomic mass is 16.5. The third kappa shape index (κ3) is 5.42. The largest absolute Gasteiger partial charge is 0.489 e. The predicted molar refractivity (Wildman–Crippen MR) is 122 cm³/mol. The maximum absolute atomic E-state index is 11.7. The number of aliphatic hydroxyl groups is 1. The lowest BCUT2D eigenvalue weighted by molar-refractivity contribution is -0.0337. The smallest absolute Gasteiger partial charge is 0.120 e. The van der Waals surface area contributed by atoms with Crippen LogP contribution in [0.25, 0.3) is 0 Å². The van der Waals surface area contributed by atoms with Gasteiger partial charge in [-0.25, -0.2) is 0 Å². The number of likely N-dealkylation sites (N-methyl/N-ethyl adjacent to an activating group) is 1. The highest BCUT2D eigenvalue weighted by molar-refractivity contribution is 5.33. The zero-order valence-electron chi connectivity index (χ0n) is 18.3. The van der Waals surface area contributed by atoms with Gasteiger partial charge in [0.05, 0.1) is 5.60 Å². The fraction of sp³-hybridized carbons (Fsp3) is 0.538. The van der Waals surface area contributed by atoms with Crippen LogP contribution in [0.2, 0.25) is 0 Å². The number of benzene rings is 2. The first-order valence-corrected chi connectivity index (χ1v) is 11.5. The number of rotatable bonds is 7. The first kappa shape index (κ1) is 21.4. The van der Waals surface area contributed by atoms with E-state index < -0.39 is 5.60 Å². The van der Waals surface area contributed by atoms with Gasteiger partial charge >= 0.3 is 0 Å². The average Bonchev–Trinajstić information content (AvgIpc) is 2.78. The zero-order chi connectivity index (χ0) is 20.8. The van der Waals surface area contributed by atoms with Gasteiger partial charge in [-0.3, -0.25) is 0 Å². The topological polar surface area (TPSA) is 35.9 Å². The summed E-state index contributed by atoms with van der Waals surface area (Å²) in [4.78, 5) is 4.92. The van der Waals surface area contributed by atoms with E-state index in [0.29, 0.717) is 6.61 Å². The van der Waals surface area contributed by atoms with E-state index >= 15 is 0 Å². The predicted octanol–water partition coefficient (Wildman–Crippen LogP) is 4.29. The van der Waals surface area contributed by atoms with Crippen LogP contribution in [0, 0.1) is 0 Å². The van der Waals surface area contributed by atoms with Gasteiger partial charge in [0.1, 0.15) is 12.4 Å². The molecule has 1 atom stereocenters. The molecule has 162 valence electrons. The second kappa shape index (κ2) is 9.95. The Morgan fingerprint density at radius 1 is 0.933 bits per heavy atom. The lowest BCUT2D eigenvalue weighted by atomic mass is 9.72. The molecule has 2 fully saturated rings. The van der Waals surface area contributed by atoms with E-state index in [0.717, 1.165) is 64.2 Å². The van der Waals surface area contributed by atoms with Crippen molar-refractivity contribution in [1.29, 1.82) is 0 Å². The Kier molecular flexibility index (Phi) is 7.08. The number of hydrogen-bond donors (Lipinski definition) is 1. The van der Waals surface area contributed by atoms with Gasteiger partial charge in [0.15, 0.2) is 0 Å². The van der Waals surface area contributed by atoms with Crippen LogP contribution in [0.15, 0.2) is 54.6 Å². The van der Waals surface area contributed by atoms with Crippen molar-refractivity contribution in [3.05, 3.63) is 65.7 Å². The minimum Gasteiger partial charge on any atom is -0.489 e. The molecule has 1 aliphatic heterocycles. The van der Waals surface area contributed by atoms with E-state index in [4.69, 9.17) is 4.74 Å². The van der Waals surface area contributed by atoms with Gasteiger partial charge in [-0.2, -0.15) is 0 Å². The van der Waals surface area contributed by atoms with Crippen LogP contribution < -0.4 is 4.74 Å². The van der Waals surface area contributed by atoms with Crippen LogP contribution in [-0.2, 0) is 6.61 Å². The lowest BCUT2D eigenvalue weighted by Crippen LogP contribution is -2.50. The molecular formula is C26H36N2O2. The second-order valence-electron chi connectivity index (χ2n) is 9.17. The molecule has 4 rings (SSSR count). The summed E-state index contributed by atoms with van der Waals surface area (Å²) in [7, 11) is 2.19. The molecule has 30 heavy (non-hydrogen) atoms. The molecule has 0 bridgehead atoms. The molecule has 0 radical (unpaired) electrons.